The van der Waals surface area contributed by atoms with Crippen molar-refractivity contribution in [2.24, 2.45) is 0 Å². The molecule has 3 heterocycles. The van der Waals surface area contributed by atoms with E-state index in [4.69, 9.17) is 15.0 Å². The first-order valence-electron chi connectivity index (χ1n) is 18.2. The van der Waals surface area contributed by atoms with Crippen molar-refractivity contribution in [2.45, 2.75) is 0 Å². The highest BCUT2D eigenvalue weighted by Crippen LogP contribution is 2.41. The molecule has 0 aliphatic heterocycles. The molecule has 0 saturated carbocycles. The fourth-order valence-electron chi connectivity index (χ4n) is 8.07. The van der Waals surface area contributed by atoms with Gasteiger partial charge in [-0.15, -0.1) is 0 Å². The summed E-state index contributed by atoms with van der Waals surface area (Å²) in [5.41, 5.74) is 8.67. The van der Waals surface area contributed by atoms with Gasteiger partial charge in [-0.05, 0) is 64.0 Å². The molecule has 0 aliphatic carbocycles. The molecule has 54 heavy (non-hydrogen) atoms. The lowest BCUT2D eigenvalue weighted by Crippen LogP contribution is -2.01. The van der Waals surface area contributed by atoms with Crippen molar-refractivity contribution in [3.8, 4) is 45.5 Å². The van der Waals surface area contributed by atoms with E-state index in [2.05, 4.69) is 137 Å². The monoisotopic (exact) mass is 689 g/mol. The summed E-state index contributed by atoms with van der Waals surface area (Å²) < 4.78 is 4.84. The standard InChI is InChI=1S/C49H31N5/c1-4-14-32(15-5-1)46-50-47(33-16-6-2-7-17-33)52-48(51-46)36-26-28-39-34(30-36)24-25-35-31-38(27-29-40(35)39)54-44-23-13-11-21-42(44)45-41-20-10-12-22-43(41)53(49(45)54)37-18-8-3-9-19-37/h1-31H. The van der Waals surface area contributed by atoms with E-state index < -0.39 is 0 Å². The average molecular weight is 690 g/mol. The quantitative estimate of drug-likeness (QED) is 0.169. The van der Waals surface area contributed by atoms with Gasteiger partial charge in [0, 0.05) is 44.2 Å². The third kappa shape index (κ3) is 4.76. The van der Waals surface area contributed by atoms with Gasteiger partial charge in [0.15, 0.2) is 17.5 Å². The van der Waals surface area contributed by atoms with Gasteiger partial charge in [-0.3, -0.25) is 9.13 Å². The number of hydrogen-bond donors (Lipinski definition) is 0. The molecule has 5 nitrogen and oxygen atoms in total. The summed E-state index contributed by atoms with van der Waals surface area (Å²) in [6.45, 7) is 0. The fourth-order valence-corrected chi connectivity index (χ4v) is 8.07. The Hall–Kier alpha value is -7.37. The van der Waals surface area contributed by atoms with Gasteiger partial charge in [0.25, 0.3) is 0 Å². The van der Waals surface area contributed by atoms with Crippen LogP contribution < -0.4 is 0 Å². The van der Waals surface area contributed by atoms with E-state index in [9.17, 15) is 0 Å². The van der Waals surface area contributed by atoms with Crippen LogP contribution in [0.3, 0.4) is 0 Å². The highest BCUT2D eigenvalue weighted by atomic mass is 15.1. The van der Waals surface area contributed by atoms with Crippen molar-refractivity contribution in [1.29, 1.82) is 0 Å². The van der Waals surface area contributed by atoms with Gasteiger partial charge >= 0.3 is 0 Å². The van der Waals surface area contributed by atoms with Crippen LogP contribution >= 0.6 is 0 Å². The first-order valence-corrected chi connectivity index (χ1v) is 18.2. The minimum absolute atomic E-state index is 0.650. The molecule has 11 aromatic rings. The minimum atomic E-state index is 0.650. The Morgan fingerprint density at radius 2 is 0.778 bits per heavy atom. The van der Waals surface area contributed by atoms with Gasteiger partial charge in [0.1, 0.15) is 5.65 Å². The Bertz CT molecular complexity index is 3140. The second-order valence-electron chi connectivity index (χ2n) is 13.7. The Kier molecular flexibility index (Phi) is 6.79. The molecule has 11 rings (SSSR count). The van der Waals surface area contributed by atoms with E-state index in [-0.39, 0.29) is 0 Å². The van der Waals surface area contributed by atoms with E-state index in [1.165, 1.54) is 43.4 Å². The molecule has 252 valence electrons. The zero-order valence-corrected chi connectivity index (χ0v) is 29.1. The number of aromatic nitrogens is 5. The summed E-state index contributed by atoms with van der Waals surface area (Å²) >= 11 is 0. The smallest absolute Gasteiger partial charge is 0.164 e. The van der Waals surface area contributed by atoms with Crippen LogP contribution in [-0.4, -0.2) is 24.1 Å². The maximum absolute atomic E-state index is 4.98. The zero-order valence-electron chi connectivity index (χ0n) is 29.1. The fraction of sp³-hybridized carbons (Fsp3) is 0. The summed E-state index contributed by atoms with van der Waals surface area (Å²) in [7, 11) is 0. The highest BCUT2D eigenvalue weighted by Gasteiger charge is 2.22. The lowest BCUT2D eigenvalue weighted by molar-refractivity contribution is 1.07. The highest BCUT2D eigenvalue weighted by molar-refractivity contribution is 6.22. The van der Waals surface area contributed by atoms with Crippen molar-refractivity contribution < 1.29 is 0 Å². The van der Waals surface area contributed by atoms with E-state index in [0.29, 0.717) is 17.5 Å². The minimum Gasteiger partial charge on any atom is -0.295 e. The molecule has 0 amide bonds. The summed E-state index contributed by atoms with van der Waals surface area (Å²) in [5, 5.41) is 8.45. The van der Waals surface area contributed by atoms with Crippen molar-refractivity contribution in [3.05, 3.63) is 188 Å². The van der Waals surface area contributed by atoms with Crippen LogP contribution in [0, 0.1) is 0 Å². The van der Waals surface area contributed by atoms with Gasteiger partial charge in [0.05, 0.1) is 11.0 Å². The molecular weight excluding hydrogens is 659 g/mol. The number of fused-ring (bicyclic) bond motifs is 8. The maximum Gasteiger partial charge on any atom is 0.164 e. The van der Waals surface area contributed by atoms with E-state index in [1.807, 2.05) is 60.7 Å². The average Bonchev–Trinajstić information content (AvgIpc) is 3.76. The van der Waals surface area contributed by atoms with Crippen LogP contribution in [0.5, 0.6) is 0 Å². The predicted molar refractivity (Wildman–Crippen MR) is 222 cm³/mol. The molecule has 0 unspecified atom stereocenters. The number of nitrogens with zero attached hydrogens (tertiary/aromatic N) is 5. The second kappa shape index (κ2) is 12.1. The number of rotatable bonds is 5. The lowest BCUT2D eigenvalue weighted by Gasteiger charge is -2.14. The van der Waals surface area contributed by atoms with Crippen LogP contribution in [0.1, 0.15) is 0 Å². The third-order valence-corrected chi connectivity index (χ3v) is 10.5. The first-order chi connectivity index (χ1) is 26.8. The number of hydrogen-bond acceptors (Lipinski definition) is 3. The maximum atomic E-state index is 4.98. The van der Waals surface area contributed by atoms with E-state index >= 15 is 0 Å². The predicted octanol–water partition coefficient (Wildman–Crippen LogP) is 12.2. The van der Waals surface area contributed by atoms with Crippen molar-refractivity contribution in [1.82, 2.24) is 24.1 Å². The van der Waals surface area contributed by atoms with E-state index in [1.54, 1.807) is 0 Å². The molecule has 3 aromatic heterocycles. The van der Waals surface area contributed by atoms with Gasteiger partial charge in [0.2, 0.25) is 0 Å². The van der Waals surface area contributed by atoms with Crippen molar-refractivity contribution in [3.63, 3.8) is 0 Å². The molecule has 0 saturated heterocycles. The first kappa shape index (κ1) is 30.3. The van der Waals surface area contributed by atoms with Crippen LogP contribution in [0.2, 0.25) is 0 Å². The Labute approximate surface area is 311 Å². The molecule has 8 aromatic carbocycles. The lowest BCUT2D eigenvalue weighted by atomic mass is 9.99. The summed E-state index contributed by atoms with van der Waals surface area (Å²) in [5.74, 6) is 1.96. The molecular formula is C49H31N5. The molecule has 0 radical (unpaired) electrons. The summed E-state index contributed by atoms with van der Waals surface area (Å²) in [4.78, 5) is 14.8. The molecule has 5 heteroatoms. The molecule has 0 fully saturated rings. The SMILES string of the molecule is c1ccc(-c2nc(-c3ccccc3)nc(-c3ccc4c(ccc5cc(-n6c7ccccc7c7c8ccccc8n(-c8ccccc8)c76)ccc54)c3)n2)cc1. The molecule has 0 bridgehead atoms. The van der Waals surface area contributed by atoms with Gasteiger partial charge in [-0.2, -0.15) is 0 Å². The summed E-state index contributed by atoms with van der Waals surface area (Å²) in [6.07, 6.45) is 0. The van der Waals surface area contributed by atoms with Crippen molar-refractivity contribution in [2.75, 3.05) is 0 Å². The van der Waals surface area contributed by atoms with Gasteiger partial charge in [-0.1, -0.05) is 146 Å². The Morgan fingerprint density at radius 1 is 0.315 bits per heavy atom. The van der Waals surface area contributed by atoms with Crippen LogP contribution in [-0.2, 0) is 0 Å². The van der Waals surface area contributed by atoms with Gasteiger partial charge in [-0.25, -0.2) is 15.0 Å². The van der Waals surface area contributed by atoms with Crippen molar-refractivity contribution >= 4 is 54.4 Å². The number of para-hydroxylation sites is 3. The second-order valence-corrected chi connectivity index (χ2v) is 13.7. The van der Waals surface area contributed by atoms with Gasteiger partial charge < -0.3 is 0 Å². The molecule has 0 atom stereocenters. The molecule has 0 spiro atoms. The van der Waals surface area contributed by atoms with Crippen LogP contribution in [0.25, 0.3) is 99.9 Å². The zero-order chi connectivity index (χ0) is 35.6. The Balaban J connectivity index is 1.08. The Morgan fingerprint density at radius 3 is 1.37 bits per heavy atom. The largest absolute Gasteiger partial charge is 0.295 e. The van der Waals surface area contributed by atoms with E-state index in [0.717, 1.165) is 39.1 Å². The van der Waals surface area contributed by atoms with Crippen LogP contribution in [0.4, 0.5) is 0 Å². The molecule has 0 N–H and O–H groups in total. The molecule has 0 aliphatic rings. The summed E-state index contributed by atoms with van der Waals surface area (Å²) in [6, 6.07) is 66.3. The topological polar surface area (TPSA) is 48.5 Å². The van der Waals surface area contributed by atoms with Crippen LogP contribution in [0.15, 0.2) is 188 Å². The third-order valence-electron chi connectivity index (χ3n) is 10.5. The normalized spacial score (nSPS) is 11.7. The number of benzene rings is 8.